The molecular weight excluding hydrogens is 330 g/mol. The van der Waals surface area contributed by atoms with Crippen LogP contribution in [0.1, 0.15) is 18.1 Å². The Morgan fingerprint density at radius 3 is 2.86 bits per heavy atom. The van der Waals surface area contributed by atoms with Gasteiger partial charge in [0, 0.05) is 22.3 Å². The van der Waals surface area contributed by atoms with E-state index in [-0.39, 0.29) is 5.91 Å². The maximum absolute atomic E-state index is 13.1. The van der Waals surface area contributed by atoms with Crippen molar-refractivity contribution >= 4 is 27.5 Å². The van der Waals surface area contributed by atoms with Gasteiger partial charge < -0.3 is 9.64 Å². The molecule has 3 nitrogen and oxygen atoms in total. The van der Waals surface area contributed by atoms with Gasteiger partial charge in [0.15, 0.2) is 0 Å². The topological polar surface area (TPSA) is 29.5 Å². The number of amides is 1. The molecule has 0 aliphatic carbocycles. The number of para-hydroxylation sites is 1. The highest BCUT2D eigenvalue weighted by Gasteiger charge is 2.56. The van der Waals surface area contributed by atoms with Gasteiger partial charge in [-0.1, -0.05) is 34.1 Å². The van der Waals surface area contributed by atoms with Crippen molar-refractivity contribution in [3.8, 4) is 5.75 Å². The Hall–Kier alpha value is -1.81. The molecule has 0 fully saturated rings. The fourth-order valence-electron chi connectivity index (χ4n) is 3.46. The first-order valence-electron chi connectivity index (χ1n) is 7.03. The number of hydrogen-bond acceptors (Lipinski definition) is 2. The molecule has 2 heterocycles. The average molecular weight is 344 g/mol. The molecule has 0 radical (unpaired) electrons. The van der Waals surface area contributed by atoms with E-state index in [1.807, 2.05) is 54.3 Å². The maximum Gasteiger partial charge on any atom is 0.245 e. The van der Waals surface area contributed by atoms with Crippen LogP contribution in [-0.2, 0) is 10.2 Å². The lowest BCUT2D eigenvalue weighted by Gasteiger charge is -2.22. The summed E-state index contributed by atoms with van der Waals surface area (Å²) in [6, 6.07) is 13.9. The molecule has 4 rings (SSSR count). The number of ether oxygens (including phenoxy) is 1. The molecule has 1 unspecified atom stereocenters. The lowest BCUT2D eigenvalue weighted by molar-refractivity contribution is -0.122. The van der Waals surface area contributed by atoms with E-state index in [4.69, 9.17) is 4.74 Å². The SMILES string of the molecule is CCN1C(=O)C2(COc3ccc(Br)cc32)c2ccccc21. The Bertz CT molecular complexity index is 758. The Morgan fingerprint density at radius 1 is 1.24 bits per heavy atom. The summed E-state index contributed by atoms with van der Waals surface area (Å²) in [5.41, 5.74) is 2.33. The van der Waals surface area contributed by atoms with Crippen molar-refractivity contribution < 1.29 is 9.53 Å². The number of likely N-dealkylation sites (N-methyl/N-ethyl adjacent to an activating group) is 1. The standard InChI is InChI=1S/C17H14BrNO2/c1-2-19-14-6-4-3-5-12(14)17(16(19)20)10-21-15-8-7-11(18)9-13(15)17/h3-9H,2,10H2,1H3. The van der Waals surface area contributed by atoms with E-state index >= 15 is 0 Å². The van der Waals surface area contributed by atoms with Crippen LogP contribution in [0.25, 0.3) is 0 Å². The molecule has 1 atom stereocenters. The first-order valence-corrected chi connectivity index (χ1v) is 7.82. The fourth-order valence-corrected chi connectivity index (χ4v) is 3.83. The zero-order valence-corrected chi connectivity index (χ0v) is 13.2. The molecule has 2 aliphatic rings. The van der Waals surface area contributed by atoms with E-state index in [1.54, 1.807) is 0 Å². The number of nitrogens with zero attached hydrogens (tertiary/aromatic N) is 1. The molecule has 2 aliphatic heterocycles. The first kappa shape index (κ1) is 12.9. The van der Waals surface area contributed by atoms with Gasteiger partial charge in [-0.2, -0.15) is 0 Å². The summed E-state index contributed by atoms with van der Waals surface area (Å²) in [5.74, 6) is 0.919. The van der Waals surface area contributed by atoms with Gasteiger partial charge in [-0.25, -0.2) is 0 Å². The number of fused-ring (bicyclic) bond motifs is 4. The lowest BCUT2D eigenvalue weighted by atomic mass is 9.77. The minimum absolute atomic E-state index is 0.114. The zero-order valence-electron chi connectivity index (χ0n) is 11.6. The van der Waals surface area contributed by atoms with Gasteiger partial charge in [-0.15, -0.1) is 0 Å². The molecule has 0 saturated heterocycles. The summed E-state index contributed by atoms with van der Waals surface area (Å²) in [6.45, 7) is 3.05. The van der Waals surface area contributed by atoms with E-state index in [0.717, 1.165) is 27.0 Å². The van der Waals surface area contributed by atoms with Crippen LogP contribution in [-0.4, -0.2) is 19.1 Å². The molecule has 2 aromatic rings. The largest absolute Gasteiger partial charge is 0.491 e. The summed E-state index contributed by atoms with van der Waals surface area (Å²) >= 11 is 3.51. The van der Waals surface area contributed by atoms with Crippen molar-refractivity contribution in [3.05, 3.63) is 58.1 Å². The van der Waals surface area contributed by atoms with E-state index in [1.165, 1.54) is 0 Å². The van der Waals surface area contributed by atoms with Crippen molar-refractivity contribution in [1.82, 2.24) is 0 Å². The maximum atomic E-state index is 13.1. The summed E-state index contributed by atoms with van der Waals surface area (Å²) in [6.07, 6.45) is 0. The number of hydrogen-bond donors (Lipinski definition) is 0. The Balaban J connectivity index is 2.03. The minimum Gasteiger partial charge on any atom is -0.491 e. The van der Waals surface area contributed by atoms with Gasteiger partial charge in [0.1, 0.15) is 17.8 Å². The molecule has 0 bridgehead atoms. The second-order valence-electron chi connectivity index (χ2n) is 5.40. The van der Waals surface area contributed by atoms with Gasteiger partial charge in [0.05, 0.1) is 0 Å². The van der Waals surface area contributed by atoms with Gasteiger partial charge >= 0.3 is 0 Å². The highest BCUT2D eigenvalue weighted by molar-refractivity contribution is 9.10. The van der Waals surface area contributed by atoms with Crippen LogP contribution in [0.3, 0.4) is 0 Å². The monoisotopic (exact) mass is 343 g/mol. The first-order chi connectivity index (χ1) is 10.2. The molecule has 4 heteroatoms. The molecular formula is C17H14BrNO2. The number of rotatable bonds is 1. The number of carbonyl (C=O) groups is 1. The van der Waals surface area contributed by atoms with Crippen molar-refractivity contribution in [3.63, 3.8) is 0 Å². The third-order valence-electron chi connectivity index (χ3n) is 4.43. The van der Waals surface area contributed by atoms with Crippen molar-refractivity contribution in [2.75, 3.05) is 18.1 Å². The Labute approximate surface area is 131 Å². The van der Waals surface area contributed by atoms with Crippen LogP contribution >= 0.6 is 15.9 Å². The molecule has 2 aromatic carbocycles. The minimum atomic E-state index is -0.689. The predicted octanol–water partition coefficient (Wildman–Crippen LogP) is 3.49. The van der Waals surface area contributed by atoms with Gasteiger partial charge in [0.25, 0.3) is 0 Å². The number of halogens is 1. The second-order valence-corrected chi connectivity index (χ2v) is 6.32. The smallest absolute Gasteiger partial charge is 0.245 e. The third-order valence-corrected chi connectivity index (χ3v) is 4.92. The quantitative estimate of drug-likeness (QED) is 0.793. The van der Waals surface area contributed by atoms with Gasteiger partial charge in [-0.05, 0) is 36.8 Å². The molecule has 0 N–H and O–H groups in total. The molecule has 106 valence electrons. The van der Waals surface area contributed by atoms with Crippen molar-refractivity contribution in [2.24, 2.45) is 0 Å². The summed E-state index contributed by atoms with van der Waals surface area (Å²) in [5, 5.41) is 0. The van der Waals surface area contributed by atoms with E-state index in [2.05, 4.69) is 15.9 Å². The molecule has 0 aromatic heterocycles. The van der Waals surface area contributed by atoms with Gasteiger partial charge in [0.2, 0.25) is 5.91 Å². The van der Waals surface area contributed by atoms with E-state index in [0.29, 0.717) is 13.2 Å². The van der Waals surface area contributed by atoms with Crippen LogP contribution in [0, 0.1) is 0 Å². The summed E-state index contributed by atoms with van der Waals surface area (Å²) in [7, 11) is 0. The normalized spacial score (nSPS) is 22.4. The third kappa shape index (κ3) is 1.51. The van der Waals surface area contributed by atoms with Crippen LogP contribution in [0.2, 0.25) is 0 Å². The van der Waals surface area contributed by atoms with Crippen LogP contribution in [0.5, 0.6) is 5.75 Å². The molecule has 1 amide bonds. The average Bonchev–Trinajstić information content (AvgIpc) is 2.98. The molecule has 0 saturated carbocycles. The second kappa shape index (κ2) is 4.34. The highest BCUT2D eigenvalue weighted by atomic mass is 79.9. The summed E-state index contributed by atoms with van der Waals surface area (Å²) < 4.78 is 6.81. The van der Waals surface area contributed by atoms with E-state index in [9.17, 15) is 4.79 Å². The molecule has 1 spiro atoms. The number of benzene rings is 2. The highest BCUT2D eigenvalue weighted by Crippen LogP contribution is 2.52. The van der Waals surface area contributed by atoms with Crippen LogP contribution in [0.15, 0.2) is 46.9 Å². The predicted molar refractivity (Wildman–Crippen MR) is 84.9 cm³/mol. The van der Waals surface area contributed by atoms with Crippen molar-refractivity contribution in [2.45, 2.75) is 12.3 Å². The summed E-state index contributed by atoms with van der Waals surface area (Å²) in [4.78, 5) is 15.0. The van der Waals surface area contributed by atoms with Crippen LogP contribution in [0.4, 0.5) is 5.69 Å². The zero-order chi connectivity index (χ0) is 14.6. The number of anilines is 1. The Morgan fingerprint density at radius 2 is 2.05 bits per heavy atom. The Kier molecular flexibility index (Phi) is 2.67. The van der Waals surface area contributed by atoms with Crippen LogP contribution < -0.4 is 9.64 Å². The molecule has 21 heavy (non-hydrogen) atoms. The lowest BCUT2D eigenvalue weighted by Crippen LogP contribution is -2.42. The fraction of sp³-hybridized carbons (Fsp3) is 0.235. The van der Waals surface area contributed by atoms with Crippen molar-refractivity contribution in [1.29, 1.82) is 0 Å². The van der Waals surface area contributed by atoms with Gasteiger partial charge in [-0.3, -0.25) is 4.79 Å². The van der Waals surface area contributed by atoms with E-state index < -0.39 is 5.41 Å². The number of carbonyl (C=O) groups excluding carboxylic acids is 1.